The summed E-state index contributed by atoms with van der Waals surface area (Å²) in [5, 5.41) is 0. The third-order valence-electron chi connectivity index (χ3n) is 10.7. The SMILES string of the molecule is c1ccc(-c2ccc(N(c3ccc(-c4ccccc4)cc3)c3ccc4c(c3)[C@@]3(c5ccccc5)c5ccccc5-c5cccc-4c53)cc2)cc1. The van der Waals surface area contributed by atoms with E-state index in [0.29, 0.717) is 0 Å². The van der Waals surface area contributed by atoms with Crippen molar-refractivity contribution < 1.29 is 0 Å². The summed E-state index contributed by atoms with van der Waals surface area (Å²) >= 11 is 0. The summed E-state index contributed by atoms with van der Waals surface area (Å²) in [4.78, 5) is 2.41. The summed E-state index contributed by atoms with van der Waals surface area (Å²) < 4.78 is 0. The normalized spacial score (nSPS) is 14.9. The first kappa shape index (κ1) is 28.6. The van der Waals surface area contributed by atoms with Gasteiger partial charge in [0.2, 0.25) is 0 Å². The molecule has 50 heavy (non-hydrogen) atoms. The molecule has 0 aromatic heterocycles. The van der Waals surface area contributed by atoms with Crippen LogP contribution in [0.3, 0.4) is 0 Å². The predicted octanol–water partition coefficient (Wildman–Crippen LogP) is 12.8. The molecule has 0 saturated heterocycles. The Bertz CT molecular complexity index is 2420. The van der Waals surface area contributed by atoms with Gasteiger partial charge in [0.25, 0.3) is 0 Å². The number of rotatable bonds is 6. The van der Waals surface area contributed by atoms with Crippen LogP contribution in [0, 0.1) is 0 Å². The van der Waals surface area contributed by atoms with Crippen LogP contribution in [0.25, 0.3) is 44.5 Å². The Morgan fingerprint density at radius 1 is 0.300 bits per heavy atom. The van der Waals surface area contributed by atoms with Gasteiger partial charge < -0.3 is 4.90 Å². The van der Waals surface area contributed by atoms with Crippen LogP contribution in [-0.4, -0.2) is 0 Å². The molecule has 2 aliphatic rings. The maximum absolute atomic E-state index is 2.46. The molecule has 10 rings (SSSR count). The van der Waals surface area contributed by atoms with Crippen molar-refractivity contribution in [1.29, 1.82) is 0 Å². The van der Waals surface area contributed by atoms with Gasteiger partial charge in [-0.05, 0) is 103 Å². The summed E-state index contributed by atoms with van der Waals surface area (Å²) in [5.74, 6) is 0. The zero-order valence-corrected chi connectivity index (χ0v) is 27.5. The Morgan fingerprint density at radius 2 is 0.740 bits per heavy atom. The summed E-state index contributed by atoms with van der Waals surface area (Å²) in [6, 6.07) is 73.3. The van der Waals surface area contributed by atoms with Gasteiger partial charge in [-0.15, -0.1) is 0 Å². The largest absolute Gasteiger partial charge is 0.310 e. The van der Waals surface area contributed by atoms with E-state index in [9.17, 15) is 0 Å². The number of benzene rings is 8. The second kappa shape index (κ2) is 11.3. The van der Waals surface area contributed by atoms with Crippen molar-refractivity contribution in [3.8, 4) is 44.5 Å². The van der Waals surface area contributed by atoms with E-state index < -0.39 is 5.41 Å². The minimum atomic E-state index is -0.394. The third-order valence-corrected chi connectivity index (χ3v) is 10.7. The van der Waals surface area contributed by atoms with E-state index in [1.165, 1.54) is 66.8 Å². The summed E-state index contributed by atoms with van der Waals surface area (Å²) in [6.07, 6.45) is 0. The van der Waals surface area contributed by atoms with Crippen LogP contribution in [0.4, 0.5) is 17.1 Å². The Morgan fingerprint density at radius 3 is 1.32 bits per heavy atom. The Kier molecular flexibility index (Phi) is 6.47. The highest BCUT2D eigenvalue weighted by molar-refractivity contribution is 5.99. The van der Waals surface area contributed by atoms with Crippen LogP contribution >= 0.6 is 0 Å². The van der Waals surface area contributed by atoms with Crippen molar-refractivity contribution in [1.82, 2.24) is 0 Å². The van der Waals surface area contributed by atoms with Crippen molar-refractivity contribution in [3.05, 3.63) is 222 Å². The van der Waals surface area contributed by atoms with Gasteiger partial charge in [0.15, 0.2) is 0 Å². The predicted molar refractivity (Wildman–Crippen MR) is 208 cm³/mol. The standard InChI is InChI=1S/C49H33N/c1-4-13-34(14-5-1)36-23-27-39(28-24-36)50(40-29-25-37(26-30-40)35-15-6-2-7-16-35)41-31-32-43-45-21-12-20-44-42-19-10-11-22-46(42)49(48(44)45,47(43)33-41)38-17-8-3-9-18-38/h1-33H/t49-/m1/s1. The van der Waals surface area contributed by atoms with Gasteiger partial charge >= 0.3 is 0 Å². The fourth-order valence-corrected chi connectivity index (χ4v) is 8.54. The van der Waals surface area contributed by atoms with Crippen molar-refractivity contribution in [3.63, 3.8) is 0 Å². The molecule has 2 aliphatic carbocycles. The van der Waals surface area contributed by atoms with E-state index in [0.717, 1.165) is 17.1 Å². The lowest BCUT2D eigenvalue weighted by Gasteiger charge is -2.32. The fourth-order valence-electron chi connectivity index (χ4n) is 8.54. The molecule has 0 radical (unpaired) electrons. The smallest absolute Gasteiger partial charge is 0.0726 e. The van der Waals surface area contributed by atoms with E-state index in [4.69, 9.17) is 0 Å². The van der Waals surface area contributed by atoms with Crippen LogP contribution in [0.5, 0.6) is 0 Å². The first-order chi connectivity index (χ1) is 24.8. The highest BCUT2D eigenvalue weighted by Crippen LogP contribution is 2.64. The molecule has 0 fully saturated rings. The first-order valence-corrected chi connectivity index (χ1v) is 17.4. The van der Waals surface area contributed by atoms with Gasteiger partial charge in [-0.3, -0.25) is 0 Å². The molecular weight excluding hydrogens is 603 g/mol. The lowest BCUT2D eigenvalue weighted by Crippen LogP contribution is -2.26. The van der Waals surface area contributed by atoms with Crippen LogP contribution in [-0.2, 0) is 5.41 Å². The van der Waals surface area contributed by atoms with Crippen molar-refractivity contribution in [2.24, 2.45) is 0 Å². The van der Waals surface area contributed by atoms with Crippen molar-refractivity contribution in [2.75, 3.05) is 4.90 Å². The van der Waals surface area contributed by atoms with Crippen molar-refractivity contribution in [2.45, 2.75) is 5.41 Å². The topological polar surface area (TPSA) is 3.24 Å². The van der Waals surface area contributed by atoms with Crippen LogP contribution in [0.15, 0.2) is 200 Å². The molecule has 0 spiro atoms. The van der Waals surface area contributed by atoms with Crippen LogP contribution in [0.2, 0.25) is 0 Å². The Hall–Kier alpha value is -6.44. The summed E-state index contributed by atoms with van der Waals surface area (Å²) in [6.45, 7) is 0. The number of nitrogens with zero attached hydrogens (tertiary/aromatic N) is 1. The second-order valence-corrected chi connectivity index (χ2v) is 13.3. The zero-order chi connectivity index (χ0) is 33.1. The van der Waals surface area contributed by atoms with Gasteiger partial charge in [-0.25, -0.2) is 0 Å². The van der Waals surface area contributed by atoms with E-state index in [-0.39, 0.29) is 0 Å². The molecule has 0 heterocycles. The van der Waals surface area contributed by atoms with E-state index in [1.54, 1.807) is 0 Å². The molecule has 0 bridgehead atoms. The zero-order valence-electron chi connectivity index (χ0n) is 27.5. The maximum Gasteiger partial charge on any atom is 0.0726 e. The summed E-state index contributed by atoms with van der Waals surface area (Å²) in [5.41, 5.74) is 18.5. The summed E-state index contributed by atoms with van der Waals surface area (Å²) in [7, 11) is 0. The van der Waals surface area contributed by atoms with Crippen molar-refractivity contribution >= 4 is 17.1 Å². The van der Waals surface area contributed by atoms with Gasteiger partial charge in [0.1, 0.15) is 0 Å². The number of hydrogen-bond donors (Lipinski definition) is 0. The number of anilines is 3. The van der Waals surface area contributed by atoms with Crippen LogP contribution < -0.4 is 4.90 Å². The average molecular weight is 636 g/mol. The molecular formula is C49H33N. The van der Waals surface area contributed by atoms with Gasteiger partial charge in [0.05, 0.1) is 5.41 Å². The molecule has 1 heteroatoms. The molecule has 0 N–H and O–H groups in total. The number of fused-ring (bicyclic) bond motifs is 6. The molecule has 8 aromatic carbocycles. The Balaban J connectivity index is 1.19. The molecule has 1 atom stereocenters. The highest BCUT2D eigenvalue weighted by Gasteiger charge is 2.52. The van der Waals surface area contributed by atoms with E-state index in [2.05, 4.69) is 205 Å². The highest BCUT2D eigenvalue weighted by atomic mass is 15.1. The van der Waals surface area contributed by atoms with Crippen LogP contribution in [0.1, 0.15) is 22.3 Å². The quantitative estimate of drug-likeness (QED) is 0.176. The Labute approximate surface area is 293 Å². The first-order valence-electron chi connectivity index (χ1n) is 17.4. The molecule has 8 aromatic rings. The molecule has 1 nitrogen and oxygen atoms in total. The van der Waals surface area contributed by atoms with E-state index in [1.807, 2.05) is 0 Å². The fraction of sp³-hybridized carbons (Fsp3) is 0.0204. The average Bonchev–Trinajstić information content (AvgIpc) is 3.68. The van der Waals surface area contributed by atoms with Gasteiger partial charge in [-0.1, -0.05) is 164 Å². The molecule has 0 amide bonds. The van der Waals surface area contributed by atoms with Gasteiger partial charge in [-0.2, -0.15) is 0 Å². The monoisotopic (exact) mass is 635 g/mol. The second-order valence-electron chi connectivity index (χ2n) is 13.3. The molecule has 0 aliphatic heterocycles. The lowest BCUT2D eigenvalue weighted by molar-refractivity contribution is 0.792. The minimum absolute atomic E-state index is 0.394. The van der Waals surface area contributed by atoms with E-state index >= 15 is 0 Å². The number of hydrogen-bond acceptors (Lipinski definition) is 1. The third kappa shape index (κ3) is 4.20. The molecule has 0 unspecified atom stereocenters. The lowest BCUT2D eigenvalue weighted by atomic mass is 9.70. The maximum atomic E-state index is 2.46. The molecule has 0 saturated carbocycles. The minimum Gasteiger partial charge on any atom is -0.310 e. The molecule has 234 valence electrons. The van der Waals surface area contributed by atoms with Gasteiger partial charge in [0, 0.05) is 17.1 Å².